The minimum atomic E-state index is 0.913. The average molecular weight is 238 g/mol. The fourth-order valence-corrected chi connectivity index (χ4v) is 3.60. The maximum Gasteiger partial charge on any atom is 0.00222 e. The van der Waals surface area contributed by atoms with Gasteiger partial charge in [0.25, 0.3) is 0 Å². The van der Waals surface area contributed by atoms with Gasteiger partial charge in [0.05, 0.1) is 0 Å². The molecule has 0 aromatic rings. The molecule has 0 aromatic heterocycles. The van der Waals surface area contributed by atoms with Crippen molar-refractivity contribution in [3.8, 4) is 0 Å². The van der Waals surface area contributed by atoms with Crippen molar-refractivity contribution < 1.29 is 0 Å². The summed E-state index contributed by atoms with van der Waals surface area (Å²) in [5.41, 5.74) is 0. The second kappa shape index (κ2) is 6.75. The Kier molecular flexibility index (Phi) is 5.30. The number of rotatable bonds is 5. The topological polar surface area (TPSA) is 15.3 Å². The Morgan fingerprint density at radius 3 is 2.65 bits per heavy atom. The third kappa shape index (κ3) is 4.26. The van der Waals surface area contributed by atoms with E-state index in [1.807, 2.05) is 0 Å². The highest BCUT2D eigenvalue weighted by Gasteiger charge is 2.22. The normalized spacial score (nSPS) is 35.3. The lowest BCUT2D eigenvalue weighted by Gasteiger charge is -2.27. The van der Waals surface area contributed by atoms with E-state index in [0.29, 0.717) is 0 Å². The molecule has 2 rings (SSSR count). The molecule has 2 aliphatic rings. The lowest BCUT2D eigenvalue weighted by Crippen LogP contribution is -2.31. The van der Waals surface area contributed by atoms with Gasteiger partial charge in [0.15, 0.2) is 0 Å². The molecule has 2 fully saturated rings. The summed E-state index contributed by atoms with van der Waals surface area (Å²) in [6.45, 7) is 11.1. The number of hydrogen-bond acceptors (Lipinski definition) is 2. The largest absolute Gasteiger partial charge is 0.316 e. The smallest absolute Gasteiger partial charge is 0.00222 e. The molecule has 17 heavy (non-hydrogen) atoms. The number of hydrogen-bond donors (Lipinski definition) is 1. The molecule has 0 amide bonds. The van der Waals surface area contributed by atoms with Crippen LogP contribution in [0.3, 0.4) is 0 Å². The van der Waals surface area contributed by atoms with Gasteiger partial charge in [0.1, 0.15) is 0 Å². The van der Waals surface area contributed by atoms with Gasteiger partial charge in [-0.25, -0.2) is 0 Å². The van der Waals surface area contributed by atoms with Gasteiger partial charge in [0, 0.05) is 6.54 Å². The first-order chi connectivity index (χ1) is 8.28. The summed E-state index contributed by atoms with van der Waals surface area (Å²) in [7, 11) is 0. The first-order valence-electron chi connectivity index (χ1n) is 7.71. The molecule has 3 atom stereocenters. The number of nitrogens with one attached hydrogen (secondary N) is 1. The van der Waals surface area contributed by atoms with Gasteiger partial charge in [-0.2, -0.15) is 0 Å². The Hall–Kier alpha value is -0.0800. The molecular weight excluding hydrogens is 208 g/mol. The van der Waals surface area contributed by atoms with Crippen LogP contribution in [0, 0.1) is 17.8 Å². The average Bonchev–Trinajstić information content (AvgIpc) is 2.77. The second-order valence-corrected chi connectivity index (χ2v) is 6.34. The van der Waals surface area contributed by atoms with E-state index >= 15 is 0 Å². The molecule has 0 spiro atoms. The second-order valence-electron chi connectivity index (χ2n) is 6.34. The molecule has 0 bridgehead atoms. The van der Waals surface area contributed by atoms with Crippen LogP contribution in [0.2, 0.25) is 0 Å². The van der Waals surface area contributed by atoms with Crippen molar-refractivity contribution >= 4 is 0 Å². The maximum absolute atomic E-state index is 3.74. The highest BCUT2D eigenvalue weighted by atomic mass is 15.1. The Morgan fingerprint density at radius 1 is 1.12 bits per heavy atom. The predicted octanol–water partition coefficient (Wildman–Crippen LogP) is 2.74. The van der Waals surface area contributed by atoms with Crippen molar-refractivity contribution in [2.75, 3.05) is 32.7 Å². The molecular formula is C15H30N2. The standard InChI is InChI=1S/C15H30N2/c1-3-17-8-7-15(12-17)11-16-10-14-6-4-5-13(2)9-14/h13-16H,3-12H2,1-2H3. The summed E-state index contributed by atoms with van der Waals surface area (Å²) in [4.78, 5) is 2.58. The van der Waals surface area contributed by atoms with Crippen molar-refractivity contribution in [1.82, 2.24) is 10.2 Å². The Labute approximate surface area is 107 Å². The van der Waals surface area contributed by atoms with E-state index in [-0.39, 0.29) is 0 Å². The van der Waals surface area contributed by atoms with Crippen molar-refractivity contribution in [2.24, 2.45) is 17.8 Å². The van der Waals surface area contributed by atoms with E-state index in [0.717, 1.165) is 17.8 Å². The van der Waals surface area contributed by atoms with Gasteiger partial charge < -0.3 is 10.2 Å². The molecule has 1 N–H and O–H groups in total. The fraction of sp³-hybridized carbons (Fsp3) is 1.00. The summed E-state index contributed by atoms with van der Waals surface area (Å²) in [5, 5.41) is 3.74. The zero-order valence-corrected chi connectivity index (χ0v) is 11.8. The molecule has 0 aromatic carbocycles. The molecule has 0 radical (unpaired) electrons. The van der Waals surface area contributed by atoms with Crippen LogP contribution in [0.1, 0.15) is 46.0 Å². The van der Waals surface area contributed by atoms with Crippen LogP contribution in [-0.2, 0) is 0 Å². The minimum Gasteiger partial charge on any atom is -0.316 e. The Morgan fingerprint density at radius 2 is 1.94 bits per heavy atom. The van der Waals surface area contributed by atoms with Crippen molar-refractivity contribution in [3.05, 3.63) is 0 Å². The maximum atomic E-state index is 3.74. The van der Waals surface area contributed by atoms with Crippen molar-refractivity contribution in [2.45, 2.75) is 46.0 Å². The molecule has 1 saturated heterocycles. The minimum absolute atomic E-state index is 0.913. The van der Waals surface area contributed by atoms with Crippen molar-refractivity contribution in [3.63, 3.8) is 0 Å². The van der Waals surface area contributed by atoms with Gasteiger partial charge in [-0.3, -0.25) is 0 Å². The first-order valence-corrected chi connectivity index (χ1v) is 7.71. The summed E-state index contributed by atoms with van der Waals surface area (Å²) >= 11 is 0. The number of likely N-dealkylation sites (tertiary alicyclic amines) is 1. The molecule has 1 aliphatic carbocycles. The lowest BCUT2D eigenvalue weighted by molar-refractivity contribution is 0.269. The van der Waals surface area contributed by atoms with Crippen LogP contribution in [0.15, 0.2) is 0 Å². The molecule has 1 heterocycles. The van der Waals surface area contributed by atoms with Crippen LogP contribution in [0.5, 0.6) is 0 Å². The van der Waals surface area contributed by atoms with E-state index < -0.39 is 0 Å². The number of nitrogens with zero attached hydrogens (tertiary/aromatic N) is 1. The zero-order valence-electron chi connectivity index (χ0n) is 11.8. The van der Waals surface area contributed by atoms with E-state index in [4.69, 9.17) is 0 Å². The summed E-state index contributed by atoms with van der Waals surface area (Å²) in [5.74, 6) is 2.84. The highest BCUT2D eigenvalue weighted by molar-refractivity contribution is 4.78. The van der Waals surface area contributed by atoms with Crippen LogP contribution in [0.4, 0.5) is 0 Å². The Balaban J connectivity index is 1.57. The van der Waals surface area contributed by atoms with Gasteiger partial charge in [0.2, 0.25) is 0 Å². The molecule has 3 unspecified atom stereocenters. The molecule has 100 valence electrons. The monoisotopic (exact) mass is 238 g/mol. The van der Waals surface area contributed by atoms with Crippen molar-refractivity contribution in [1.29, 1.82) is 0 Å². The lowest BCUT2D eigenvalue weighted by atomic mass is 9.82. The third-order valence-electron chi connectivity index (χ3n) is 4.73. The molecule has 1 saturated carbocycles. The summed E-state index contributed by atoms with van der Waals surface area (Å²) < 4.78 is 0. The molecule has 1 aliphatic heterocycles. The van der Waals surface area contributed by atoms with E-state index in [1.54, 1.807) is 0 Å². The van der Waals surface area contributed by atoms with Crippen LogP contribution in [0.25, 0.3) is 0 Å². The van der Waals surface area contributed by atoms with Gasteiger partial charge in [-0.1, -0.05) is 26.7 Å². The third-order valence-corrected chi connectivity index (χ3v) is 4.73. The van der Waals surface area contributed by atoms with Gasteiger partial charge >= 0.3 is 0 Å². The van der Waals surface area contributed by atoms with Gasteiger partial charge in [-0.05, 0) is 63.2 Å². The Bertz CT molecular complexity index is 217. The van der Waals surface area contributed by atoms with Gasteiger partial charge in [-0.15, -0.1) is 0 Å². The van der Waals surface area contributed by atoms with E-state index in [2.05, 4.69) is 24.1 Å². The van der Waals surface area contributed by atoms with E-state index in [9.17, 15) is 0 Å². The molecule has 2 heteroatoms. The highest BCUT2D eigenvalue weighted by Crippen LogP contribution is 2.28. The van der Waals surface area contributed by atoms with Crippen LogP contribution in [-0.4, -0.2) is 37.6 Å². The zero-order chi connectivity index (χ0) is 12.1. The fourth-order valence-electron chi connectivity index (χ4n) is 3.60. The van der Waals surface area contributed by atoms with E-state index in [1.165, 1.54) is 64.8 Å². The summed E-state index contributed by atoms with van der Waals surface area (Å²) in [6.07, 6.45) is 7.24. The SMILES string of the molecule is CCN1CCC(CNCC2CCCC(C)C2)C1. The first kappa shape index (κ1) is 13.4. The van der Waals surface area contributed by atoms with Crippen LogP contribution < -0.4 is 5.32 Å². The van der Waals surface area contributed by atoms with Crippen LogP contribution >= 0.6 is 0 Å². The molecule has 2 nitrogen and oxygen atoms in total. The summed E-state index contributed by atoms with van der Waals surface area (Å²) in [6, 6.07) is 0. The quantitative estimate of drug-likeness (QED) is 0.792. The predicted molar refractivity (Wildman–Crippen MR) is 74.2 cm³/mol.